The van der Waals surface area contributed by atoms with Gasteiger partial charge in [0, 0.05) is 5.69 Å². The predicted octanol–water partition coefficient (Wildman–Crippen LogP) is 4.75. The van der Waals surface area contributed by atoms with Crippen molar-refractivity contribution in [1.82, 2.24) is 4.90 Å². The van der Waals surface area contributed by atoms with E-state index >= 15 is 0 Å². The zero-order chi connectivity index (χ0) is 21.8. The molecule has 0 saturated heterocycles. The van der Waals surface area contributed by atoms with E-state index < -0.39 is 23.8 Å². The summed E-state index contributed by atoms with van der Waals surface area (Å²) in [5, 5.41) is 3.14. The average Bonchev–Trinajstić information content (AvgIpc) is 2.95. The molecule has 3 amide bonds. The van der Waals surface area contributed by atoms with Gasteiger partial charge in [0.1, 0.15) is 11.8 Å². The summed E-state index contributed by atoms with van der Waals surface area (Å²) in [7, 11) is 0. The summed E-state index contributed by atoms with van der Waals surface area (Å²) in [4.78, 5) is 39.9. The lowest BCUT2D eigenvalue weighted by Crippen LogP contribution is -2.47. The van der Waals surface area contributed by atoms with Gasteiger partial charge >= 0.3 is 0 Å². The van der Waals surface area contributed by atoms with Gasteiger partial charge in [-0.25, -0.2) is 0 Å². The zero-order valence-electron chi connectivity index (χ0n) is 16.4. The monoisotopic (exact) mass is 466 g/mol. The maximum absolute atomic E-state index is 13.0. The van der Waals surface area contributed by atoms with Crippen LogP contribution in [-0.4, -0.2) is 47.3 Å². The van der Waals surface area contributed by atoms with Gasteiger partial charge in [-0.05, 0) is 61.8 Å². The highest BCUT2D eigenvalue weighted by molar-refractivity contribution is 7.98. The zero-order valence-corrected chi connectivity index (χ0v) is 18.7. The van der Waals surface area contributed by atoms with Crippen molar-refractivity contribution >= 4 is 58.4 Å². The van der Waals surface area contributed by atoms with Gasteiger partial charge in [0.2, 0.25) is 5.91 Å². The van der Waals surface area contributed by atoms with E-state index in [0.717, 1.165) is 4.90 Å². The fraction of sp³-hybridized carbons (Fsp3) is 0.286. The number of hydrogen-bond donors (Lipinski definition) is 1. The highest BCUT2D eigenvalue weighted by atomic mass is 35.5. The van der Waals surface area contributed by atoms with Crippen LogP contribution in [0.5, 0.6) is 5.75 Å². The van der Waals surface area contributed by atoms with E-state index in [2.05, 4.69) is 5.32 Å². The third-order valence-corrected chi connectivity index (χ3v) is 5.97. The number of halogens is 2. The van der Waals surface area contributed by atoms with Gasteiger partial charge < -0.3 is 10.1 Å². The molecule has 1 heterocycles. The van der Waals surface area contributed by atoms with Crippen molar-refractivity contribution in [2.45, 2.75) is 19.4 Å². The van der Waals surface area contributed by atoms with Crippen molar-refractivity contribution in [3.05, 3.63) is 57.6 Å². The molecule has 1 aliphatic heterocycles. The van der Waals surface area contributed by atoms with Crippen molar-refractivity contribution in [3.63, 3.8) is 0 Å². The SMILES string of the molecule is CCOc1ccc(NC(=O)C(CCSC)N2C(=O)c3cc(Cl)c(Cl)cc3C2=O)cc1. The molecule has 9 heteroatoms. The number of thioether (sulfide) groups is 1. The summed E-state index contributed by atoms with van der Waals surface area (Å²) in [6.07, 6.45) is 2.21. The van der Waals surface area contributed by atoms with Crippen molar-refractivity contribution in [2.75, 3.05) is 23.9 Å². The molecule has 0 radical (unpaired) electrons. The largest absolute Gasteiger partial charge is 0.494 e. The second kappa shape index (κ2) is 9.73. The van der Waals surface area contributed by atoms with Crippen LogP contribution < -0.4 is 10.1 Å². The van der Waals surface area contributed by atoms with Crippen LogP contribution in [-0.2, 0) is 4.79 Å². The Kier molecular flexibility index (Phi) is 7.28. The molecule has 1 atom stereocenters. The highest BCUT2D eigenvalue weighted by Gasteiger charge is 2.43. The molecular weight excluding hydrogens is 447 g/mol. The Labute approximate surface area is 188 Å². The van der Waals surface area contributed by atoms with E-state index in [1.54, 1.807) is 24.3 Å². The van der Waals surface area contributed by atoms with Gasteiger partial charge in [-0.2, -0.15) is 11.8 Å². The Morgan fingerprint density at radius 1 is 1.10 bits per heavy atom. The highest BCUT2D eigenvalue weighted by Crippen LogP contribution is 2.33. The normalized spacial score (nSPS) is 13.9. The molecule has 0 saturated carbocycles. The van der Waals surface area contributed by atoms with Gasteiger partial charge in [0.15, 0.2) is 0 Å². The van der Waals surface area contributed by atoms with E-state index in [1.165, 1.54) is 23.9 Å². The van der Waals surface area contributed by atoms with Gasteiger partial charge in [-0.1, -0.05) is 23.2 Å². The lowest BCUT2D eigenvalue weighted by Gasteiger charge is -2.25. The first-order valence-electron chi connectivity index (χ1n) is 9.27. The summed E-state index contributed by atoms with van der Waals surface area (Å²) in [5.41, 5.74) is 0.843. The number of fused-ring (bicyclic) bond motifs is 1. The maximum atomic E-state index is 13.0. The van der Waals surface area contributed by atoms with Gasteiger partial charge in [0.05, 0.1) is 27.8 Å². The summed E-state index contributed by atoms with van der Waals surface area (Å²) < 4.78 is 5.40. The van der Waals surface area contributed by atoms with E-state index in [4.69, 9.17) is 27.9 Å². The summed E-state index contributed by atoms with van der Waals surface area (Å²) >= 11 is 13.6. The minimum absolute atomic E-state index is 0.150. The number of nitrogens with zero attached hydrogens (tertiary/aromatic N) is 1. The fourth-order valence-corrected chi connectivity index (χ4v) is 3.96. The summed E-state index contributed by atoms with van der Waals surface area (Å²) in [6.45, 7) is 2.42. The molecule has 0 bridgehead atoms. The number of anilines is 1. The molecule has 0 spiro atoms. The van der Waals surface area contributed by atoms with E-state index in [-0.39, 0.29) is 21.2 Å². The van der Waals surface area contributed by atoms with Crippen LogP contribution in [0.3, 0.4) is 0 Å². The van der Waals surface area contributed by atoms with Crippen molar-refractivity contribution in [1.29, 1.82) is 0 Å². The third-order valence-electron chi connectivity index (χ3n) is 4.60. The van der Waals surface area contributed by atoms with Crippen LogP contribution >= 0.6 is 35.0 Å². The van der Waals surface area contributed by atoms with Crippen molar-refractivity contribution in [2.24, 2.45) is 0 Å². The second-order valence-electron chi connectivity index (χ2n) is 6.54. The van der Waals surface area contributed by atoms with Crippen LogP contribution in [0.2, 0.25) is 10.0 Å². The molecule has 1 N–H and O–H groups in total. The molecule has 1 unspecified atom stereocenters. The molecule has 1 aliphatic rings. The molecule has 2 aromatic carbocycles. The molecule has 6 nitrogen and oxygen atoms in total. The number of carbonyl (C=O) groups is 3. The average molecular weight is 467 g/mol. The number of rotatable bonds is 8. The first-order chi connectivity index (χ1) is 14.4. The van der Waals surface area contributed by atoms with Crippen molar-refractivity contribution < 1.29 is 19.1 Å². The molecule has 0 fully saturated rings. The maximum Gasteiger partial charge on any atom is 0.262 e. The quantitative estimate of drug-likeness (QED) is 0.568. The molecule has 158 valence electrons. The van der Waals surface area contributed by atoms with Gasteiger partial charge in [0.25, 0.3) is 11.8 Å². The molecule has 30 heavy (non-hydrogen) atoms. The van der Waals surface area contributed by atoms with E-state index in [0.29, 0.717) is 30.2 Å². The Hall–Kier alpha value is -2.22. The number of ether oxygens (including phenoxy) is 1. The van der Waals surface area contributed by atoms with E-state index in [9.17, 15) is 14.4 Å². The standard InChI is InChI=1S/C21H20Cl2N2O4S/c1-3-29-13-6-4-12(5-7-13)24-19(26)18(8-9-30-2)25-20(27)14-10-16(22)17(23)11-15(14)21(25)28/h4-7,10-11,18H,3,8-9H2,1-2H3,(H,24,26). The van der Waals surface area contributed by atoms with Gasteiger partial charge in [-0.3, -0.25) is 19.3 Å². The lowest BCUT2D eigenvalue weighted by atomic mass is 10.1. The van der Waals surface area contributed by atoms with Crippen LogP contribution in [0, 0.1) is 0 Å². The summed E-state index contributed by atoms with van der Waals surface area (Å²) in [6, 6.07) is 8.66. The van der Waals surface area contributed by atoms with Crippen LogP contribution in [0.25, 0.3) is 0 Å². The number of hydrogen-bond acceptors (Lipinski definition) is 5. The van der Waals surface area contributed by atoms with Crippen molar-refractivity contribution in [3.8, 4) is 5.75 Å². The Morgan fingerprint density at radius 3 is 2.17 bits per heavy atom. The Balaban J connectivity index is 1.85. The smallest absolute Gasteiger partial charge is 0.262 e. The first-order valence-corrected chi connectivity index (χ1v) is 11.4. The van der Waals surface area contributed by atoms with Crippen LogP contribution in [0.1, 0.15) is 34.1 Å². The van der Waals surface area contributed by atoms with Crippen LogP contribution in [0.15, 0.2) is 36.4 Å². The summed E-state index contributed by atoms with van der Waals surface area (Å²) in [5.74, 6) is -0.275. The molecule has 0 aliphatic carbocycles. The lowest BCUT2D eigenvalue weighted by molar-refractivity contribution is -0.120. The molecule has 0 aromatic heterocycles. The number of nitrogens with one attached hydrogen (secondary N) is 1. The Bertz CT molecular complexity index is 941. The number of amides is 3. The van der Waals surface area contributed by atoms with Crippen LogP contribution in [0.4, 0.5) is 5.69 Å². The van der Waals surface area contributed by atoms with E-state index in [1.807, 2.05) is 13.2 Å². The Morgan fingerprint density at radius 2 is 1.67 bits per heavy atom. The first kappa shape index (κ1) is 22.5. The molecular formula is C21H20Cl2N2O4S. The molecule has 2 aromatic rings. The molecule has 3 rings (SSSR count). The number of benzene rings is 2. The fourth-order valence-electron chi connectivity index (χ4n) is 3.17. The number of carbonyl (C=O) groups excluding carboxylic acids is 3. The minimum atomic E-state index is -0.964. The second-order valence-corrected chi connectivity index (χ2v) is 8.34. The third kappa shape index (κ3) is 4.58. The minimum Gasteiger partial charge on any atom is -0.494 e. The predicted molar refractivity (Wildman–Crippen MR) is 120 cm³/mol. The topological polar surface area (TPSA) is 75.7 Å². The van der Waals surface area contributed by atoms with Gasteiger partial charge in [-0.15, -0.1) is 0 Å². The number of imide groups is 1.